The average Bonchev–Trinajstić information content (AvgIpc) is 3.45. The van der Waals surface area contributed by atoms with Crippen LogP contribution in [-0.2, 0) is 14.4 Å². The molecule has 226 valence electrons. The maximum absolute atomic E-state index is 13.8. The minimum absolute atomic E-state index is 0. The number of nitrogens with zero attached hydrogens (tertiary/aromatic N) is 4. The standard InChI is InChI=1S/C29H38N8O4.ClH/c1-17(30-5)26(38)36-24(29(2,3)4)28(40)37-13-7-8-22(37)27(39)35-21-14-19-20(15-23(21)41-6)32-16-33-25(19)34-18-9-11-31-12-10-18;/h9-12,14-17,22,24,30H,7-8,13H2,1-6H3,(H,35,39)(H,36,38)(H,31,32,33,34);1H. The first-order valence-electron chi connectivity index (χ1n) is 13.6. The predicted molar refractivity (Wildman–Crippen MR) is 164 cm³/mol. The van der Waals surface area contributed by atoms with Crippen molar-refractivity contribution in [3.05, 3.63) is 43.0 Å². The fourth-order valence-electron chi connectivity index (χ4n) is 4.75. The summed E-state index contributed by atoms with van der Waals surface area (Å²) in [4.78, 5) is 54.5. The SMILES string of the molecule is CNC(C)C(=O)NC(C(=O)N1CCCC1C(=O)Nc1cc2c(Nc3ccncc3)ncnc2cc1OC)C(C)(C)C.Cl. The van der Waals surface area contributed by atoms with E-state index in [0.29, 0.717) is 47.5 Å². The minimum atomic E-state index is -0.798. The molecule has 3 amide bonds. The number of carbonyl (C=O) groups is 3. The number of methoxy groups -OCH3 is 1. The lowest BCUT2D eigenvalue weighted by molar-refractivity contribution is -0.143. The molecule has 3 aromatic rings. The van der Waals surface area contributed by atoms with Crippen LogP contribution in [0.15, 0.2) is 43.0 Å². The number of hydrogen-bond acceptors (Lipinski definition) is 9. The molecule has 4 N–H and O–H groups in total. The molecule has 3 unspecified atom stereocenters. The van der Waals surface area contributed by atoms with Crippen LogP contribution in [0.1, 0.15) is 40.5 Å². The quantitative estimate of drug-likeness (QED) is 0.291. The van der Waals surface area contributed by atoms with Crippen molar-refractivity contribution < 1.29 is 19.1 Å². The lowest BCUT2D eigenvalue weighted by atomic mass is 9.85. The van der Waals surface area contributed by atoms with Crippen LogP contribution in [-0.4, -0.2) is 76.4 Å². The van der Waals surface area contributed by atoms with Crippen molar-refractivity contribution in [1.82, 2.24) is 30.5 Å². The lowest BCUT2D eigenvalue weighted by Crippen LogP contribution is -2.59. The molecular weight excluding hydrogens is 560 g/mol. The van der Waals surface area contributed by atoms with E-state index >= 15 is 0 Å². The van der Waals surface area contributed by atoms with Gasteiger partial charge in [0.2, 0.25) is 17.7 Å². The van der Waals surface area contributed by atoms with Crippen molar-refractivity contribution >= 4 is 58.2 Å². The van der Waals surface area contributed by atoms with E-state index in [1.54, 1.807) is 43.4 Å². The molecule has 0 saturated carbocycles. The Hall–Kier alpha value is -4.03. The normalized spacial score (nSPS) is 16.2. The first kappa shape index (κ1) is 32.5. The molecule has 1 aromatic carbocycles. The predicted octanol–water partition coefficient (Wildman–Crippen LogP) is 3.27. The number of likely N-dealkylation sites (N-methyl/N-ethyl adjacent to an activating group) is 1. The van der Waals surface area contributed by atoms with E-state index < -0.39 is 23.5 Å². The molecule has 0 aliphatic carbocycles. The van der Waals surface area contributed by atoms with E-state index in [4.69, 9.17) is 4.74 Å². The number of halogens is 1. The van der Waals surface area contributed by atoms with Gasteiger partial charge in [0.15, 0.2) is 0 Å². The molecule has 42 heavy (non-hydrogen) atoms. The van der Waals surface area contributed by atoms with Gasteiger partial charge in [0.25, 0.3) is 0 Å². The van der Waals surface area contributed by atoms with E-state index in [1.165, 1.54) is 13.4 Å². The highest BCUT2D eigenvalue weighted by atomic mass is 35.5. The Bertz CT molecular complexity index is 1420. The van der Waals surface area contributed by atoms with Gasteiger partial charge in [-0.25, -0.2) is 9.97 Å². The number of amides is 3. The Balaban J connectivity index is 0.00000484. The number of rotatable bonds is 9. The fourth-order valence-corrected chi connectivity index (χ4v) is 4.75. The van der Waals surface area contributed by atoms with Crippen molar-refractivity contribution in [3.63, 3.8) is 0 Å². The van der Waals surface area contributed by atoms with Crippen molar-refractivity contribution in [2.45, 2.75) is 58.7 Å². The van der Waals surface area contributed by atoms with Crippen LogP contribution in [0.5, 0.6) is 5.75 Å². The van der Waals surface area contributed by atoms with Gasteiger partial charge in [-0.3, -0.25) is 19.4 Å². The third-order valence-electron chi connectivity index (χ3n) is 7.22. The average molecular weight is 599 g/mol. The highest BCUT2D eigenvalue weighted by Crippen LogP contribution is 2.34. The van der Waals surface area contributed by atoms with Gasteiger partial charge < -0.3 is 30.9 Å². The number of fused-ring (bicyclic) bond motifs is 1. The number of hydrogen-bond donors (Lipinski definition) is 4. The minimum Gasteiger partial charge on any atom is -0.494 e. The molecule has 4 rings (SSSR count). The van der Waals surface area contributed by atoms with Crippen molar-refractivity contribution in [3.8, 4) is 5.75 Å². The molecule has 0 radical (unpaired) electrons. The summed E-state index contributed by atoms with van der Waals surface area (Å²) >= 11 is 0. The van der Waals surface area contributed by atoms with E-state index in [9.17, 15) is 14.4 Å². The molecule has 0 spiro atoms. The summed E-state index contributed by atoms with van der Waals surface area (Å²) in [6.07, 6.45) is 5.97. The summed E-state index contributed by atoms with van der Waals surface area (Å²) in [5.74, 6) is 0.0825. The number of aromatic nitrogens is 3. The Kier molecular flexibility index (Phi) is 10.6. The molecule has 3 atom stereocenters. The number of anilines is 3. The van der Waals surface area contributed by atoms with Crippen LogP contribution in [0, 0.1) is 5.41 Å². The molecule has 12 nitrogen and oxygen atoms in total. The molecule has 2 aromatic heterocycles. The van der Waals surface area contributed by atoms with Crippen LogP contribution in [0.4, 0.5) is 17.2 Å². The summed E-state index contributed by atoms with van der Waals surface area (Å²) < 4.78 is 5.57. The molecule has 3 heterocycles. The first-order chi connectivity index (χ1) is 19.5. The zero-order valence-corrected chi connectivity index (χ0v) is 25.5. The molecular formula is C29H39ClN8O4. The zero-order valence-electron chi connectivity index (χ0n) is 24.7. The Morgan fingerprint density at radius 2 is 1.83 bits per heavy atom. The van der Waals surface area contributed by atoms with Gasteiger partial charge in [0.05, 0.1) is 24.4 Å². The largest absolute Gasteiger partial charge is 0.494 e. The molecule has 1 aliphatic heterocycles. The lowest BCUT2D eigenvalue weighted by Gasteiger charge is -2.36. The summed E-state index contributed by atoms with van der Waals surface area (Å²) in [5, 5.41) is 12.7. The highest BCUT2D eigenvalue weighted by Gasteiger charge is 2.42. The Morgan fingerprint density at radius 3 is 2.48 bits per heavy atom. The van der Waals surface area contributed by atoms with Gasteiger partial charge in [-0.1, -0.05) is 20.8 Å². The maximum atomic E-state index is 13.8. The van der Waals surface area contributed by atoms with Gasteiger partial charge >= 0.3 is 0 Å². The fraction of sp³-hybridized carbons (Fsp3) is 0.448. The Labute approximate surface area is 251 Å². The van der Waals surface area contributed by atoms with Crippen molar-refractivity contribution in [2.24, 2.45) is 5.41 Å². The van der Waals surface area contributed by atoms with E-state index in [1.807, 2.05) is 32.9 Å². The number of nitrogens with one attached hydrogen (secondary N) is 4. The van der Waals surface area contributed by atoms with Crippen LogP contribution >= 0.6 is 12.4 Å². The Morgan fingerprint density at radius 1 is 1.12 bits per heavy atom. The number of carbonyl (C=O) groups excluding carboxylic acids is 3. The van der Waals surface area contributed by atoms with Gasteiger partial charge in [-0.05, 0) is 50.4 Å². The molecule has 1 aliphatic rings. The molecule has 0 bridgehead atoms. The second kappa shape index (κ2) is 13.8. The van der Waals surface area contributed by atoms with E-state index in [2.05, 4.69) is 36.2 Å². The van der Waals surface area contributed by atoms with Crippen molar-refractivity contribution in [2.75, 3.05) is 31.3 Å². The summed E-state index contributed by atoms with van der Waals surface area (Å²) in [5.41, 5.74) is 1.29. The second-order valence-corrected chi connectivity index (χ2v) is 11.1. The van der Waals surface area contributed by atoms with Gasteiger partial charge in [0.1, 0.15) is 30.0 Å². The van der Waals surface area contributed by atoms with Crippen molar-refractivity contribution in [1.29, 1.82) is 0 Å². The van der Waals surface area contributed by atoms with Gasteiger partial charge in [0, 0.05) is 36.1 Å². The number of pyridine rings is 1. The van der Waals surface area contributed by atoms with Crippen LogP contribution in [0.25, 0.3) is 10.9 Å². The topological polar surface area (TPSA) is 150 Å². The summed E-state index contributed by atoms with van der Waals surface area (Å²) in [6, 6.07) is 5.16. The first-order valence-corrected chi connectivity index (χ1v) is 13.6. The van der Waals surface area contributed by atoms with Crippen LogP contribution in [0.2, 0.25) is 0 Å². The van der Waals surface area contributed by atoms with Gasteiger partial charge in [-0.2, -0.15) is 0 Å². The number of ether oxygens (including phenoxy) is 1. The number of likely N-dealkylation sites (tertiary alicyclic amines) is 1. The van der Waals surface area contributed by atoms with E-state index in [-0.39, 0.29) is 30.1 Å². The highest BCUT2D eigenvalue weighted by molar-refractivity contribution is 6.03. The monoisotopic (exact) mass is 598 g/mol. The van der Waals surface area contributed by atoms with Crippen LogP contribution < -0.4 is 26.0 Å². The third-order valence-corrected chi connectivity index (χ3v) is 7.22. The maximum Gasteiger partial charge on any atom is 0.247 e. The third kappa shape index (κ3) is 7.24. The second-order valence-electron chi connectivity index (χ2n) is 11.1. The molecule has 1 saturated heterocycles. The van der Waals surface area contributed by atoms with Crippen LogP contribution in [0.3, 0.4) is 0 Å². The summed E-state index contributed by atoms with van der Waals surface area (Å²) in [7, 11) is 3.20. The summed E-state index contributed by atoms with van der Waals surface area (Å²) in [6.45, 7) is 7.83. The van der Waals surface area contributed by atoms with E-state index in [0.717, 1.165) is 5.69 Å². The molecule has 13 heteroatoms. The smallest absolute Gasteiger partial charge is 0.247 e. The van der Waals surface area contributed by atoms with Gasteiger partial charge in [-0.15, -0.1) is 12.4 Å². The molecule has 1 fully saturated rings. The number of benzene rings is 1. The zero-order chi connectivity index (χ0) is 29.7.